The number of amides is 1. The molecule has 0 bridgehead atoms. The monoisotopic (exact) mass is 277 g/mol. The van der Waals surface area contributed by atoms with Gasteiger partial charge < -0.3 is 9.88 Å². The molecule has 0 fully saturated rings. The number of nitrogens with one attached hydrogen (secondary N) is 1. The van der Waals surface area contributed by atoms with Gasteiger partial charge in [-0.2, -0.15) is 0 Å². The van der Waals surface area contributed by atoms with Crippen molar-refractivity contribution in [2.24, 2.45) is 0 Å². The fourth-order valence-electron chi connectivity index (χ4n) is 1.89. The zero-order valence-electron chi connectivity index (χ0n) is 11.3. The van der Waals surface area contributed by atoms with Crippen LogP contribution < -0.4 is 5.32 Å². The SMILES string of the molecule is CCCn1ccnc1CNC(=O)c1ccc(CC)s1. The van der Waals surface area contributed by atoms with Crippen LogP contribution >= 0.6 is 11.3 Å². The first-order valence-electron chi connectivity index (χ1n) is 6.61. The summed E-state index contributed by atoms with van der Waals surface area (Å²) in [6.07, 6.45) is 5.75. The van der Waals surface area contributed by atoms with Gasteiger partial charge in [0.1, 0.15) is 5.82 Å². The van der Waals surface area contributed by atoms with Crippen molar-refractivity contribution in [1.82, 2.24) is 14.9 Å². The zero-order valence-corrected chi connectivity index (χ0v) is 12.2. The molecule has 2 heterocycles. The van der Waals surface area contributed by atoms with Gasteiger partial charge in [-0.05, 0) is 25.0 Å². The lowest BCUT2D eigenvalue weighted by atomic mass is 10.3. The summed E-state index contributed by atoms with van der Waals surface area (Å²) in [5.41, 5.74) is 0. The van der Waals surface area contributed by atoms with Gasteiger partial charge in [-0.3, -0.25) is 4.79 Å². The molecule has 1 amide bonds. The molecule has 0 unspecified atom stereocenters. The second kappa shape index (κ2) is 6.52. The lowest BCUT2D eigenvalue weighted by molar-refractivity contribution is 0.0953. The second-order valence-corrected chi connectivity index (χ2v) is 5.51. The van der Waals surface area contributed by atoms with Gasteiger partial charge in [-0.15, -0.1) is 11.3 Å². The van der Waals surface area contributed by atoms with E-state index in [9.17, 15) is 4.79 Å². The van der Waals surface area contributed by atoms with E-state index in [1.54, 1.807) is 17.5 Å². The third-order valence-corrected chi connectivity index (χ3v) is 4.14. The molecule has 0 saturated carbocycles. The van der Waals surface area contributed by atoms with Crippen molar-refractivity contribution in [3.8, 4) is 0 Å². The van der Waals surface area contributed by atoms with Gasteiger partial charge in [0.15, 0.2) is 0 Å². The average Bonchev–Trinajstić information content (AvgIpc) is 3.05. The summed E-state index contributed by atoms with van der Waals surface area (Å²) in [6.45, 7) is 5.63. The van der Waals surface area contributed by atoms with Crippen LogP contribution in [0.5, 0.6) is 0 Å². The largest absolute Gasteiger partial charge is 0.344 e. The Labute approximate surface area is 117 Å². The first-order valence-corrected chi connectivity index (χ1v) is 7.43. The first kappa shape index (κ1) is 13.8. The van der Waals surface area contributed by atoms with Crippen molar-refractivity contribution in [1.29, 1.82) is 0 Å². The minimum Gasteiger partial charge on any atom is -0.344 e. The Hall–Kier alpha value is -1.62. The van der Waals surface area contributed by atoms with Crippen LogP contribution in [0.15, 0.2) is 24.5 Å². The molecule has 102 valence electrons. The van der Waals surface area contributed by atoms with Gasteiger partial charge in [0, 0.05) is 23.8 Å². The predicted octanol–water partition coefficient (Wildman–Crippen LogP) is 2.85. The maximum atomic E-state index is 12.0. The fourth-order valence-corrected chi connectivity index (χ4v) is 2.75. The number of rotatable bonds is 6. The molecule has 1 N–H and O–H groups in total. The van der Waals surface area contributed by atoms with E-state index in [0.29, 0.717) is 6.54 Å². The summed E-state index contributed by atoms with van der Waals surface area (Å²) in [7, 11) is 0. The molecule has 0 spiro atoms. The normalized spacial score (nSPS) is 10.6. The molecule has 5 heteroatoms. The molecule has 4 nitrogen and oxygen atoms in total. The smallest absolute Gasteiger partial charge is 0.261 e. The number of imidazole rings is 1. The van der Waals surface area contributed by atoms with Gasteiger partial charge in [-0.1, -0.05) is 13.8 Å². The maximum Gasteiger partial charge on any atom is 0.261 e. The minimum absolute atomic E-state index is 0.0178. The topological polar surface area (TPSA) is 46.9 Å². The lowest BCUT2D eigenvalue weighted by Crippen LogP contribution is -2.23. The Kier molecular flexibility index (Phi) is 4.74. The molecule has 0 aromatic carbocycles. The zero-order chi connectivity index (χ0) is 13.7. The standard InChI is InChI=1S/C14H19N3OS/c1-3-8-17-9-7-15-13(17)10-16-14(18)12-6-5-11(4-2)19-12/h5-7,9H,3-4,8,10H2,1-2H3,(H,16,18). The third kappa shape index (κ3) is 3.44. The average molecular weight is 277 g/mol. The number of carbonyl (C=O) groups is 1. The van der Waals surface area contributed by atoms with Crippen LogP contribution in [-0.4, -0.2) is 15.5 Å². The Balaban J connectivity index is 1.94. The Morgan fingerprint density at radius 1 is 1.42 bits per heavy atom. The van der Waals surface area contributed by atoms with E-state index in [-0.39, 0.29) is 5.91 Å². The van der Waals surface area contributed by atoms with Gasteiger partial charge in [0.05, 0.1) is 11.4 Å². The molecule has 0 radical (unpaired) electrons. The Morgan fingerprint density at radius 2 is 2.26 bits per heavy atom. The van der Waals surface area contributed by atoms with Gasteiger partial charge in [0.2, 0.25) is 0 Å². The number of carbonyl (C=O) groups excluding carboxylic acids is 1. The predicted molar refractivity (Wildman–Crippen MR) is 77.4 cm³/mol. The molecule has 0 saturated heterocycles. The molecule has 19 heavy (non-hydrogen) atoms. The number of hydrogen-bond acceptors (Lipinski definition) is 3. The molecule has 0 aliphatic heterocycles. The van der Waals surface area contributed by atoms with Crippen molar-refractivity contribution in [3.63, 3.8) is 0 Å². The van der Waals surface area contributed by atoms with E-state index in [4.69, 9.17) is 0 Å². The molecule has 2 aromatic heterocycles. The van der Waals surface area contributed by atoms with E-state index in [0.717, 1.165) is 30.1 Å². The van der Waals surface area contributed by atoms with E-state index in [1.165, 1.54) is 4.88 Å². The Bertz CT molecular complexity index is 544. The highest BCUT2D eigenvalue weighted by atomic mass is 32.1. The highest BCUT2D eigenvalue weighted by molar-refractivity contribution is 7.14. The summed E-state index contributed by atoms with van der Waals surface area (Å²) in [5.74, 6) is 0.887. The van der Waals surface area contributed by atoms with Crippen LogP contribution in [0.2, 0.25) is 0 Å². The minimum atomic E-state index is -0.0178. The highest BCUT2D eigenvalue weighted by Crippen LogP contribution is 2.16. The molecule has 2 rings (SSSR count). The van der Waals surface area contributed by atoms with Gasteiger partial charge >= 0.3 is 0 Å². The van der Waals surface area contributed by atoms with Crippen molar-refractivity contribution >= 4 is 17.2 Å². The van der Waals surface area contributed by atoms with Crippen LogP contribution in [0.3, 0.4) is 0 Å². The van der Waals surface area contributed by atoms with E-state index >= 15 is 0 Å². The van der Waals surface area contributed by atoms with Gasteiger partial charge in [-0.25, -0.2) is 4.98 Å². The molecular formula is C14H19N3OS. The number of thiophene rings is 1. The number of aromatic nitrogens is 2. The lowest BCUT2D eigenvalue weighted by Gasteiger charge is -2.07. The fraction of sp³-hybridized carbons (Fsp3) is 0.429. The van der Waals surface area contributed by atoms with E-state index in [1.807, 2.05) is 18.3 Å². The molecule has 2 aromatic rings. The third-order valence-electron chi connectivity index (χ3n) is 2.91. The number of nitrogens with zero attached hydrogens (tertiary/aromatic N) is 2. The van der Waals surface area contributed by atoms with Crippen molar-refractivity contribution in [2.45, 2.75) is 39.8 Å². The summed E-state index contributed by atoms with van der Waals surface area (Å²) >= 11 is 1.55. The second-order valence-electron chi connectivity index (χ2n) is 4.34. The number of aryl methyl sites for hydroxylation is 2. The maximum absolute atomic E-state index is 12.0. The molecule has 0 aliphatic carbocycles. The molecule has 0 atom stereocenters. The van der Waals surface area contributed by atoms with Crippen molar-refractivity contribution in [2.75, 3.05) is 0 Å². The highest BCUT2D eigenvalue weighted by Gasteiger charge is 2.10. The summed E-state index contributed by atoms with van der Waals surface area (Å²) in [5, 5.41) is 2.93. The van der Waals surface area contributed by atoms with E-state index in [2.05, 4.69) is 28.7 Å². The van der Waals surface area contributed by atoms with Crippen LogP contribution in [0.1, 0.15) is 40.6 Å². The van der Waals surface area contributed by atoms with Crippen LogP contribution in [0, 0.1) is 0 Å². The van der Waals surface area contributed by atoms with Crippen molar-refractivity contribution < 1.29 is 4.79 Å². The molecular weight excluding hydrogens is 258 g/mol. The summed E-state index contributed by atoms with van der Waals surface area (Å²) in [4.78, 5) is 18.3. The summed E-state index contributed by atoms with van der Waals surface area (Å²) < 4.78 is 2.08. The Morgan fingerprint density at radius 3 is 2.95 bits per heavy atom. The summed E-state index contributed by atoms with van der Waals surface area (Å²) in [6, 6.07) is 3.90. The van der Waals surface area contributed by atoms with Crippen LogP contribution in [-0.2, 0) is 19.5 Å². The van der Waals surface area contributed by atoms with Crippen molar-refractivity contribution in [3.05, 3.63) is 40.1 Å². The van der Waals surface area contributed by atoms with Crippen LogP contribution in [0.25, 0.3) is 0 Å². The van der Waals surface area contributed by atoms with Crippen LogP contribution in [0.4, 0.5) is 0 Å². The van der Waals surface area contributed by atoms with Gasteiger partial charge in [0.25, 0.3) is 5.91 Å². The first-order chi connectivity index (χ1) is 9.24. The number of hydrogen-bond donors (Lipinski definition) is 1. The quantitative estimate of drug-likeness (QED) is 0.882. The van der Waals surface area contributed by atoms with E-state index < -0.39 is 0 Å². The molecule has 0 aliphatic rings.